The number of hydrogen-bond donors (Lipinski definition) is 2. The Bertz CT molecular complexity index is 591. The number of urea groups is 1. The van der Waals surface area contributed by atoms with Crippen LogP contribution >= 0.6 is 0 Å². The quantitative estimate of drug-likeness (QED) is 0.741. The lowest BCUT2D eigenvalue weighted by molar-refractivity contribution is -0.00309. The van der Waals surface area contributed by atoms with Crippen molar-refractivity contribution in [3.05, 3.63) is 24.3 Å². The minimum atomic E-state index is -0.337. The Morgan fingerprint density at radius 2 is 2.04 bits per heavy atom. The molecule has 1 saturated carbocycles. The topological polar surface area (TPSA) is 65.0 Å². The van der Waals surface area contributed by atoms with Gasteiger partial charge in [-0.2, -0.15) is 0 Å². The van der Waals surface area contributed by atoms with E-state index in [1.54, 1.807) is 12.0 Å². The number of nitrogens with zero attached hydrogens (tertiary/aromatic N) is 2. The molecular weight excluding hydrogens is 342 g/mol. The predicted octanol–water partition coefficient (Wildman–Crippen LogP) is 1.62. The van der Waals surface area contributed by atoms with Crippen molar-refractivity contribution < 1.29 is 14.6 Å². The van der Waals surface area contributed by atoms with E-state index >= 15 is 0 Å². The number of carbonyl (C=O) groups excluding carboxylic acids is 1. The van der Waals surface area contributed by atoms with Crippen molar-refractivity contribution in [2.24, 2.45) is 17.3 Å². The van der Waals surface area contributed by atoms with Crippen LogP contribution in [-0.2, 0) is 4.74 Å². The second kappa shape index (κ2) is 7.94. The third kappa shape index (κ3) is 4.23. The lowest BCUT2D eigenvalue weighted by Crippen LogP contribution is -2.59. The van der Waals surface area contributed by atoms with E-state index < -0.39 is 0 Å². The van der Waals surface area contributed by atoms with E-state index in [0.29, 0.717) is 25.0 Å². The molecule has 0 aromatic carbocycles. The maximum absolute atomic E-state index is 12.5. The van der Waals surface area contributed by atoms with E-state index in [1.165, 1.54) is 12.8 Å². The van der Waals surface area contributed by atoms with Gasteiger partial charge in [-0.05, 0) is 37.5 Å². The number of likely N-dealkylation sites (tertiary alicyclic amines) is 2. The molecular formula is C21H33N3O3. The molecule has 0 aromatic heterocycles. The minimum absolute atomic E-state index is 0.0821. The normalized spacial score (nSPS) is 32.4. The molecule has 27 heavy (non-hydrogen) atoms. The van der Waals surface area contributed by atoms with Gasteiger partial charge < -0.3 is 25.0 Å². The highest BCUT2D eigenvalue weighted by atomic mass is 16.5. The van der Waals surface area contributed by atoms with Gasteiger partial charge in [0.15, 0.2) is 0 Å². The summed E-state index contributed by atoms with van der Waals surface area (Å²) in [5.74, 6) is 1.46. The second-order valence-corrected chi connectivity index (χ2v) is 8.86. The highest BCUT2D eigenvalue weighted by molar-refractivity contribution is 5.75. The number of allylic oxidation sites excluding steroid dienone is 4. The molecule has 4 rings (SSSR count). The van der Waals surface area contributed by atoms with Gasteiger partial charge in [0.2, 0.25) is 0 Å². The molecule has 0 radical (unpaired) electrons. The first kappa shape index (κ1) is 19.0. The monoisotopic (exact) mass is 375 g/mol. The number of β-amino-alcohol motifs (C(OH)–C–C–N with tert-alkyl or cyclic N) is 1. The summed E-state index contributed by atoms with van der Waals surface area (Å²) < 4.78 is 5.56. The average molecular weight is 376 g/mol. The molecule has 2 amide bonds. The van der Waals surface area contributed by atoms with Crippen molar-refractivity contribution in [1.29, 1.82) is 0 Å². The zero-order valence-corrected chi connectivity index (χ0v) is 16.3. The Morgan fingerprint density at radius 3 is 2.67 bits per heavy atom. The Labute approximate surface area is 162 Å². The molecule has 2 aliphatic carbocycles. The number of aliphatic hydroxyl groups is 1. The summed E-state index contributed by atoms with van der Waals surface area (Å²) in [5.41, 5.74) is 0.120. The molecule has 0 spiro atoms. The second-order valence-electron chi connectivity index (χ2n) is 8.86. The molecule has 0 bridgehead atoms. The number of amides is 2. The molecule has 3 atom stereocenters. The van der Waals surface area contributed by atoms with Gasteiger partial charge in [-0.1, -0.05) is 24.3 Å². The number of hydrogen-bond acceptors (Lipinski definition) is 4. The van der Waals surface area contributed by atoms with Crippen molar-refractivity contribution in [2.75, 3.05) is 46.4 Å². The van der Waals surface area contributed by atoms with Crippen LogP contribution in [0.4, 0.5) is 4.79 Å². The minimum Gasteiger partial charge on any atom is -0.389 e. The molecule has 6 heteroatoms. The standard InChI is InChI=1S/C21H33N3O3/c1-27-15-21(14-22-19-11-18(19)16-5-3-2-4-6-16)7-9-23(10-8-21)20(26)24-12-17(25)13-24/h2-5,16-19,22,25H,6-15H2,1H3/t16-,18?,19-/m1/s1. The van der Waals surface area contributed by atoms with Crippen molar-refractivity contribution >= 4 is 6.03 Å². The first-order valence-electron chi connectivity index (χ1n) is 10.4. The number of rotatable bonds is 6. The van der Waals surface area contributed by atoms with Crippen LogP contribution in [0.3, 0.4) is 0 Å². The molecule has 2 N–H and O–H groups in total. The van der Waals surface area contributed by atoms with Gasteiger partial charge in [-0.25, -0.2) is 4.79 Å². The number of methoxy groups -OCH3 is 1. The first-order chi connectivity index (χ1) is 13.1. The summed E-state index contributed by atoms with van der Waals surface area (Å²) in [6.07, 6.45) is 13.0. The van der Waals surface area contributed by atoms with Gasteiger partial charge in [-0.3, -0.25) is 0 Å². The highest BCUT2D eigenvalue weighted by Gasteiger charge is 2.44. The van der Waals surface area contributed by atoms with Crippen LogP contribution in [0.25, 0.3) is 0 Å². The van der Waals surface area contributed by atoms with E-state index in [2.05, 4.69) is 29.6 Å². The van der Waals surface area contributed by atoms with E-state index in [0.717, 1.165) is 45.0 Å². The fourth-order valence-corrected chi connectivity index (χ4v) is 4.85. The van der Waals surface area contributed by atoms with Gasteiger partial charge in [0.1, 0.15) is 0 Å². The molecule has 3 fully saturated rings. The Morgan fingerprint density at radius 1 is 1.26 bits per heavy atom. The lowest BCUT2D eigenvalue weighted by Gasteiger charge is -2.45. The maximum Gasteiger partial charge on any atom is 0.320 e. The third-order valence-corrected chi connectivity index (χ3v) is 6.82. The number of ether oxygens (including phenoxy) is 1. The van der Waals surface area contributed by atoms with Crippen LogP contribution in [0.15, 0.2) is 24.3 Å². The Kier molecular flexibility index (Phi) is 5.58. The molecule has 2 saturated heterocycles. The zero-order valence-electron chi connectivity index (χ0n) is 16.3. The number of carbonyl (C=O) groups is 1. The molecule has 0 aromatic rings. The fraction of sp³-hybridized carbons (Fsp3) is 0.762. The van der Waals surface area contributed by atoms with Gasteiger partial charge in [-0.15, -0.1) is 0 Å². The van der Waals surface area contributed by atoms with E-state index in [9.17, 15) is 9.90 Å². The summed E-state index contributed by atoms with van der Waals surface area (Å²) in [6, 6.07) is 0.709. The largest absolute Gasteiger partial charge is 0.389 e. The van der Waals surface area contributed by atoms with E-state index in [4.69, 9.17) is 4.74 Å². The van der Waals surface area contributed by atoms with Crippen LogP contribution in [0.1, 0.15) is 25.7 Å². The van der Waals surface area contributed by atoms with Crippen molar-refractivity contribution in [2.45, 2.75) is 37.8 Å². The van der Waals surface area contributed by atoms with Crippen molar-refractivity contribution in [3.63, 3.8) is 0 Å². The van der Waals surface area contributed by atoms with Crippen molar-refractivity contribution in [1.82, 2.24) is 15.1 Å². The van der Waals surface area contributed by atoms with Crippen LogP contribution < -0.4 is 5.32 Å². The van der Waals surface area contributed by atoms with E-state index in [1.807, 2.05) is 4.90 Å². The van der Waals surface area contributed by atoms with Gasteiger partial charge in [0.25, 0.3) is 0 Å². The molecule has 4 aliphatic rings. The van der Waals surface area contributed by atoms with Crippen LogP contribution in [0.5, 0.6) is 0 Å². The smallest absolute Gasteiger partial charge is 0.320 e. The molecule has 2 aliphatic heterocycles. The molecule has 1 unspecified atom stereocenters. The van der Waals surface area contributed by atoms with Crippen molar-refractivity contribution in [3.8, 4) is 0 Å². The van der Waals surface area contributed by atoms with Gasteiger partial charge >= 0.3 is 6.03 Å². The van der Waals surface area contributed by atoms with Gasteiger partial charge in [0.05, 0.1) is 25.8 Å². The van der Waals surface area contributed by atoms with Crippen LogP contribution in [-0.4, -0.2) is 79.5 Å². The number of aliphatic hydroxyl groups excluding tert-OH is 1. The predicted molar refractivity (Wildman–Crippen MR) is 104 cm³/mol. The summed E-state index contributed by atoms with van der Waals surface area (Å²) in [6.45, 7) is 4.23. The maximum atomic E-state index is 12.5. The fourth-order valence-electron chi connectivity index (χ4n) is 4.85. The summed E-state index contributed by atoms with van der Waals surface area (Å²) in [7, 11) is 1.78. The summed E-state index contributed by atoms with van der Waals surface area (Å²) >= 11 is 0. The molecule has 6 nitrogen and oxygen atoms in total. The highest BCUT2D eigenvalue weighted by Crippen LogP contribution is 2.42. The summed E-state index contributed by atoms with van der Waals surface area (Å²) in [4.78, 5) is 16.2. The van der Waals surface area contributed by atoms with Crippen LogP contribution in [0, 0.1) is 17.3 Å². The van der Waals surface area contributed by atoms with E-state index in [-0.39, 0.29) is 17.6 Å². The van der Waals surface area contributed by atoms with Gasteiger partial charge in [0, 0.05) is 38.2 Å². The molecule has 2 heterocycles. The third-order valence-electron chi connectivity index (χ3n) is 6.82. The zero-order chi connectivity index (χ0) is 18.9. The Hall–Kier alpha value is -1.37. The molecule has 150 valence electrons. The number of piperidine rings is 1. The van der Waals surface area contributed by atoms with Crippen LogP contribution in [0.2, 0.25) is 0 Å². The average Bonchev–Trinajstić information content (AvgIpc) is 3.45. The number of nitrogens with one attached hydrogen (secondary N) is 1. The summed E-state index contributed by atoms with van der Waals surface area (Å²) in [5, 5.41) is 13.2. The SMILES string of the molecule is COCC1(CN[C@@H]2CC2[C@@H]2C=CC=CC2)CCN(C(=O)N2CC(O)C2)CC1. The Balaban J connectivity index is 1.25. The lowest BCUT2D eigenvalue weighted by atomic mass is 9.79. The first-order valence-corrected chi connectivity index (χ1v) is 10.4.